The number of anilines is 1. The standard InChI is InChI=1S/C22H23F2N5O2/c1-13-8-14(2)29(27-13)22-25-17(9-16-4-5-18(23)19(24)10-16)11-21(26-22)28-6-7-31-20(12-28)15(3)30/h4-5,8,10-11,20H,6-7,9,12H2,1-3H3. The maximum Gasteiger partial charge on any atom is 0.252 e. The van der Waals surface area contributed by atoms with Crippen LogP contribution in [0.2, 0.25) is 0 Å². The maximum absolute atomic E-state index is 13.7. The minimum atomic E-state index is -0.900. The number of carbonyl (C=O) groups is 1. The molecule has 3 aromatic rings. The zero-order valence-electron chi connectivity index (χ0n) is 17.6. The summed E-state index contributed by atoms with van der Waals surface area (Å²) in [5, 5.41) is 4.47. The van der Waals surface area contributed by atoms with Crippen LogP contribution in [0.4, 0.5) is 14.6 Å². The molecule has 2 aromatic heterocycles. The number of hydrogen-bond acceptors (Lipinski definition) is 6. The number of aryl methyl sites for hydroxylation is 2. The van der Waals surface area contributed by atoms with Crippen molar-refractivity contribution in [3.05, 3.63) is 64.6 Å². The number of hydrogen-bond donors (Lipinski definition) is 0. The molecule has 1 atom stereocenters. The Morgan fingerprint density at radius 2 is 1.97 bits per heavy atom. The van der Waals surface area contributed by atoms with Gasteiger partial charge in [0.15, 0.2) is 17.4 Å². The van der Waals surface area contributed by atoms with Crippen molar-refractivity contribution < 1.29 is 18.3 Å². The Labute approximate surface area is 178 Å². The Hall–Kier alpha value is -3.20. The van der Waals surface area contributed by atoms with Crippen LogP contribution in [0.15, 0.2) is 30.3 Å². The van der Waals surface area contributed by atoms with Gasteiger partial charge in [-0.2, -0.15) is 10.1 Å². The van der Waals surface area contributed by atoms with Gasteiger partial charge in [-0.3, -0.25) is 4.79 Å². The Kier molecular flexibility index (Phi) is 5.77. The molecule has 4 rings (SSSR count). The number of ketones is 1. The number of carbonyl (C=O) groups excluding carboxylic acids is 1. The van der Waals surface area contributed by atoms with Crippen LogP contribution >= 0.6 is 0 Å². The topological polar surface area (TPSA) is 73.1 Å². The summed E-state index contributed by atoms with van der Waals surface area (Å²) in [6, 6.07) is 7.53. The number of morpholine rings is 1. The lowest BCUT2D eigenvalue weighted by atomic mass is 10.1. The molecule has 0 bridgehead atoms. The zero-order chi connectivity index (χ0) is 22.1. The molecular weight excluding hydrogens is 404 g/mol. The Balaban J connectivity index is 1.74. The second kappa shape index (κ2) is 8.50. The molecular formula is C22H23F2N5O2. The van der Waals surface area contributed by atoms with E-state index in [0.717, 1.165) is 17.5 Å². The monoisotopic (exact) mass is 427 g/mol. The summed E-state index contributed by atoms with van der Waals surface area (Å²) < 4.78 is 34.2. The number of nitrogens with zero attached hydrogens (tertiary/aromatic N) is 5. The Bertz CT molecular complexity index is 1130. The van der Waals surface area contributed by atoms with Crippen LogP contribution < -0.4 is 4.90 Å². The summed E-state index contributed by atoms with van der Waals surface area (Å²) >= 11 is 0. The fourth-order valence-electron chi connectivity index (χ4n) is 3.61. The smallest absolute Gasteiger partial charge is 0.252 e. The summed E-state index contributed by atoms with van der Waals surface area (Å²) in [6.07, 6.45) is -0.227. The molecule has 0 aliphatic carbocycles. The van der Waals surface area contributed by atoms with Crippen LogP contribution in [0.25, 0.3) is 5.95 Å². The molecule has 9 heteroatoms. The number of halogens is 2. The first-order valence-electron chi connectivity index (χ1n) is 10.0. The summed E-state index contributed by atoms with van der Waals surface area (Å²) in [7, 11) is 0. The van der Waals surface area contributed by atoms with Crippen LogP contribution in [-0.4, -0.2) is 51.3 Å². The zero-order valence-corrected chi connectivity index (χ0v) is 17.6. The van der Waals surface area contributed by atoms with Crippen LogP contribution in [-0.2, 0) is 16.0 Å². The molecule has 1 aliphatic heterocycles. The van der Waals surface area contributed by atoms with Crippen molar-refractivity contribution in [1.82, 2.24) is 19.7 Å². The number of rotatable bonds is 5. The highest BCUT2D eigenvalue weighted by Crippen LogP contribution is 2.21. The van der Waals surface area contributed by atoms with Crippen molar-refractivity contribution in [1.29, 1.82) is 0 Å². The van der Waals surface area contributed by atoms with Gasteiger partial charge >= 0.3 is 0 Å². The van der Waals surface area contributed by atoms with Gasteiger partial charge < -0.3 is 9.64 Å². The lowest BCUT2D eigenvalue weighted by Gasteiger charge is -2.32. The van der Waals surface area contributed by atoms with E-state index in [1.54, 1.807) is 10.7 Å². The third kappa shape index (κ3) is 4.61. The van der Waals surface area contributed by atoms with Crippen LogP contribution in [0.1, 0.15) is 29.6 Å². The summed E-state index contributed by atoms with van der Waals surface area (Å²) in [6.45, 7) is 6.65. The Morgan fingerprint density at radius 3 is 2.65 bits per heavy atom. The summed E-state index contributed by atoms with van der Waals surface area (Å²) in [5.74, 6) is -0.821. The van der Waals surface area contributed by atoms with Crippen molar-refractivity contribution in [3.63, 3.8) is 0 Å². The highest BCUT2D eigenvalue weighted by atomic mass is 19.2. The van der Waals surface area contributed by atoms with E-state index >= 15 is 0 Å². The predicted octanol–water partition coefficient (Wildman–Crippen LogP) is 2.94. The van der Waals surface area contributed by atoms with Crippen molar-refractivity contribution in [3.8, 4) is 5.95 Å². The van der Waals surface area contributed by atoms with Crippen molar-refractivity contribution in [2.75, 3.05) is 24.6 Å². The number of aromatic nitrogens is 4. The molecule has 1 unspecified atom stereocenters. The van der Waals surface area contributed by atoms with E-state index in [0.29, 0.717) is 49.1 Å². The predicted molar refractivity (Wildman–Crippen MR) is 110 cm³/mol. The van der Waals surface area contributed by atoms with Crippen LogP contribution in [0.5, 0.6) is 0 Å². The molecule has 1 saturated heterocycles. The SMILES string of the molecule is CC(=O)C1CN(c2cc(Cc3ccc(F)c(F)c3)nc(-n3nc(C)cc3C)n2)CCO1. The number of Topliss-reactive ketones (excluding diaryl/α,β-unsaturated/α-hetero) is 1. The molecule has 0 N–H and O–H groups in total. The lowest BCUT2D eigenvalue weighted by molar-refractivity contribution is -0.128. The third-order valence-corrected chi connectivity index (χ3v) is 5.17. The van der Waals surface area contributed by atoms with E-state index in [-0.39, 0.29) is 5.78 Å². The van der Waals surface area contributed by atoms with Gasteiger partial charge in [-0.1, -0.05) is 6.07 Å². The molecule has 0 saturated carbocycles. The summed E-state index contributed by atoms with van der Waals surface area (Å²) in [5.41, 5.74) is 2.92. The fraction of sp³-hybridized carbons (Fsp3) is 0.364. The molecule has 0 radical (unpaired) electrons. The lowest BCUT2D eigenvalue weighted by Crippen LogP contribution is -2.46. The number of ether oxygens (including phenoxy) is 1. The van der Waals surface area contributed by atoms with Crippen molar-refractivity contribution in [2.45, 2.75) is 33.3 Å². The van der Waals surface area contributed by atoms with Gasteiger partial charge in [0.05, 0.1) is 24.5 Å². The van der Waals surface area contributed by atoms with Crippen LogP contribution in [0, 0.1) is 25.5 Å². The van der Waals surface area contributed by atoms with Crippen LogP contribution in [0.3, 0.4) is 0 Å². The third-order valence-electron chi connectivity index (χ3n) is 5.17. The van der Waals surface area contributed by atoms with Gasteiger partial charge in [-0.15, -0.1) is 0 Å². The molecule has 1 aromatic carbocycles. The molecule has 7 nitrogen and oxygen atoms in total. The van der Waals surface area contributed by atoms with E-state index in [2.05, 4.69) is 15.1 Å². The van der Waals surface area contributed by atoms with Crippen molar-refractivity contribution >= 4 is 11.6 Å². The van der Waals surface area contributed by atoms with Gasteiger partial charge in [0.2, 0.25) is 0 Å². The molecule has 162 valence electrons. The first-order valence-corrected chi connectivity index (χ1v) is 10.0. The second-order valence-electron chi connectivity index (χ2n) is 7.70. The van der Waals surface area contributed by atoms with Gasteiger partial charge in [-0.25, -0.2) is 18.4 Å². The minimum Gasteiger partial charge on any atom is -0.367 e. The molecule has 0 amide bonds. The minimum absolute atomic E-state index is 0.0421. The van der Waals surface area contributed by atoms with E-state index in [4.69, 9.17) is 4.74 Å². The maximum atomic E-state index is 13.7. The summed E-state index contributed by atoms with van der Waals surface area (Å²) in [4.78, 5) is 23.1. The molecule has 0 spiro atoms. The largest absolute Gasteiger partial charge is 0.367 e. The first-order chi connectivity index (χ1) is 14.8. The Morgan fingerprint density at radius 1 is 1.16 bits per heavy atom. The molecule has 3 heterocycles. The van der Waals surface area contributed by atoms with E-state index in [9.17, 15) is 13.6 Å². The van der Waals surface area contributed by atoms with Gasteiger partial charge in [0, 0.05) is 24.7 Å². The fourth-order valence-corrected chi connectivity index (χ4v) is 3.61. The highest BCUT2D eigenvalue weighted by molar-refractivity contribution is 5.81. The van der Waals surface area contributed by atoms with Gasteiger partial charge in [0.1, 0.15) is 11.9 Å². The second-order valence-corrected chi connectivity index (χ2v) is 7.70. The average molecular weight is 427 g/mol. The highest BCUT2D eigenvalue weighted by Gasteiger charge is 2.26. The van der Waals surface area contributed by atoms with E-state index < -0.39 is 17.7 Å². The first kappa shape index (κ1) is 21.0. The quantitative estimate of drug-likeness (QED) is 0.624. The van der Waals surface area contributed by atoms with Gasteiger partial charge in [-0.05, 0) is 44.5 Å². The van der Waals surface area contributed by atoms with Crippen molar-refractivity contribution in [2.24, 2.45) is 0 Å². The van der Waals surface area contributed by atoms with E-state index in [1.807, 2.05) is 24.8 Å². The number of benzene rings is 1. The molecule has 1 aliphatic rings. The molecule has 1 fully saturated rings. The van der Waals surface area contributed by atoms with E-state index in [1.165, 1.54) is 19.1 Å². The normalized spacial score (nSPS) is 16.5. The molecule has 31 heavy (non-hydrogen) atoms. The van der Waals surface area contributed by atoms with Gasteiger partial charge in [0.25, 0.3) is 5.95 Å². The average Bonchev–Trinajstić information content (AvgIpc) is 3.08.